The van der Waals surface area contributed by atoms with E-state index in [-0.39, 0.29) is 5.97 Å². The minimum Gasteiger partial charge on any atom is -0.463 e. The third kappa shape index (κ3) is 7.83. The summed E-state index contributed by atoms with van der Waals surface area (Å²) in [5.74, 6) is -0.302. The van der Waals surface area contributed by atoms with Gasteiger partial charge in [-0.2, -0.15) is 0 Å². The van der Waals surface area contributed by atoms with E-state index in [2.05, 4.69) is 34.1 Å². The van der Waals surface area contributed by atoms with Crippen LogP contribution in [0.25, 0.3) is 6.08 Å². The number of ether oxygens (including phenoxy) is 1. The Kier molecular flexibility index (Phi) is 8.01. The summed E-state index contributed by atoms with van der Waals surface area (Å²) in [7, 11) is 0. The number of carbonyl (C=O) groups is 1. The van der Waals surface area contributed by atoms with Crippen molar-refractivity contribution in [1.82, 2.24) is 0 Å². The Bertz CT molecular complexity index is 592. The van der Waals surface area contributed by atoms with Crippen molar-refractivity contribution in [2.24, 2.45) is 0 Å². The van der Waals surface area contributed by atoms with Crippen LogP contribution < -0.4 is 0 Å². The summed E-state index contributed by atoms with van der Waals surface area (Å²) in [6.07, 6.45) is 11.4. The van der Waals surface area contributed by atoms with Gasteiger partial charge < -0.3 is 4.74 Å². The molecule has 0 amide bonds. The number of halogens is 1. The van der Waals surface area contributed by atoms with E-state index in [1.54, 1.807) is 18.3 Å². The van der Waals surface area contributed by atoms with E-state index in [9.17, 15) is 4.79 Å². The first-order valence-electron chi connectivity index (χ1n) is 6.64. The average molecular weight is 367 g/mol. The van der Waals surface area contributed by atoms with Gasteiger partial charge >= 0.3 is 5.97 Å². The largest absolute Gasteiger partial charge is 0.463 e. The number of allylic oxidation sites excluding steroid dienone is 6. The predicted octanol–water partition coefficient (Wildman–Crippen LogP) is 5.54. The maximum absolute atomic E-state index is 11.3. The monoisotopic (exact) mass is 366 g/mol. The molecule has 0 aliphatic carbocycles. The quantitative estimate of drug-likeness (QED) is 0.375. The molecule has 1 heterocycles. The number of thiophene rings is 1. The second kappa shape index (κ2) is 9.53. The molecule has 1 aromatic rings. The molecular weight excluding hydrogens is 348 g/mol. The van der Waals surface area contributed by atoms with Gasteiger partial charge in [0.25, 0.3) is 0 Å². The molecule has 0 fully saturated rings. The summed E-state index contributed by atoms with van der Waals surface area (Å²) < 4.78 is 5.98. The molecule has 1 rings (SSSR count). The summed E-state index contributed by atoms with van der Waals surface area (Å²) in [6.45, 7) is 6.10. The summed E-state index contributed by atoms with van der Waals surface area (Å²) in [6, 6.07) is 4.10. The standard InChI is InChI=1S/C17H19BrO2S/c1-4-20-17(19)12-14(3)7-5-6-13(2)8-9-15-10-11-16(18)21-15/h5-12H,4H2,1-3H3/b7-5?,9-8?,13-6?,14-12+. The molecule has 0 unspecified atom stereocenters. The van der Waals surface area contributed by atoms with Crippen molar-refractivity contribution in [2.75, 3.05) is 6.61 Å². The maximum atomic E-state index is 11.3. The molecule has 1 aromatic heterocycles. The summed E-state index contributed by atoms with van der Waals surface area (Å²) in [5, 5.41) is 0. The molecule has 112 valence electrons. The number of hydrogen-bond acceptors (Lipinski definition) is 3. The van der Waals surface area contributed by atoms with Crippen molar-refractivity contribution < 1.29 is 9.53 Å². The average Bonchev–Trinajstić information content (AvgIpc) is 2.82. The van der Waals surface area contributed by atoms with Crippen molar-refractivity contribution in [1.29, 1.82) is 0 Å². The van der Waals surface area contributed by atoms with E-state index in [4.69, 9.17) is 4.74 Å². The summed E-state index contributed by atoms with van der Waals surface area (Å²) >= 11 is 5.14. The minimum atomic E-state index is -0.302. The van der Waals surface area contributed by atoms with Gasteiger partial charge in [-0.1, -0.05) is 29.9 Å². The predicted molar refractivity (Wildman–Crippen MR) is 94.3 cm³/mol. The Morgan fingerprint density at radius 1 is 1.29 bits per heavy atom. The Labute approximate surface area is 138 Å². The lowest BCUT2D eigenvalue weighted by Gasteiger charge is -1.95. The van der Waals surface area contributed by atoms with Gasteiger partial charge in [-0.05, 0) is 60.5 Å². The van der Waals surface area contributed by atoms with Crippen molar-refractivity contribution in [3.8, 4) is 0 Å². The van der Waals surface area contributed by atoms with E-state index >= 15 is 0 Å². The van der Waals surface area contributed by atoms with Crippen molar-refractivity contribution >= 4 is 39.3 Å². The lowest BCUT2D eigenvalue weighted by atomic mass is 10.2. The Balaban J connectivity index is 2.56. The van der Waals surface area contributed by atoms with E-state index in [0.717, 1.165) is 14.9 Å². The molecule has 21 heavy (non-hydrogen) atoms. The van der Waals surface area contributed by atoms with Crippen LogP contribution in [-0.4, -0.2) is 12.6 Å². The zero-order valence-corrected chi connectivity index (χ0v) is 14.8. The third-order valence-electron chi connectivity index (χ3n) is 2.45. The van der Waals surface area contributed by atoms with Gasteiger partial charge in [-0.15, -0.1) is 11.3 Å². The van der Waals surface area contributed by atoms with Crippen LogP contribution in [0.4, 0.5) is 0 Å². The zero-order valence-electron chi connectivity index (χ0n) is 12.4. The van der Waals surface area contributed by atoms with Crippen LogP contribution in [0.1, 0.15) is 25.6 Å². The number of hydrogen-bond donors (Lipinski definition) is 0. The van der Waals surface area contributed by atoms with Gasteiger partial charge in [0.15, 0.2) is 0 Å². The van der Waals surface area contributed by atoms with Crippen LogP contribution in [0, 0.1) is 0 Å². The highest BCUT2D eigenvalue weighted by molar-refractivity contribution is 9.11. The van der Waals surface area contributed by atoms with Gasteiger partial charge in [0.05, 0.1) is 10.4 Å². The smallest absolute Gasteiger partial charge is 0.330 e. The molecule has 2 nitrogen and oxygen atoms in total. The summed E-state index contributed by atoms with van der Waals surface area (Å²) in [4.78, 5) is 12.5. The normalized spacial score (nSPS) is 13.3. The first-order chi connectivity index (χ1) is 10.0. The zero-order chi connectivity index (χ0) is 15.7. The Morgan fingerprint density at radius 3 is 2.67 bits per heavy atom. The molecule has 0 bridgehead atoms. The Hall–Kier alpha value is -1.39. The minimum absolute atomic E-state index is 0.302. The highest BCUT2D eigenvalue weighted by atomic mass is 79.9. The topological polar surface area (TPSA) is 26.3 Å². The molecule has 0 spiro atoms. The molecule has 0 saturated heterocycles. The lowest BCUT2D eigenvalue weighted by Crippen LogP contribution is -1.99. The van der Waals surface area contributed by atoms with Crippen molar-refractivity contribution in [3.63, 3.8) is 0 Å². The molecule has 0 saturated carbocycles. The van der Waals surface area contributed by atoms with E-state index in [1.165, 1.54) is 11.0 Å². The molecule has 4 heteroatoms. The molecule has 0 aliphatic heterocycles. The van der Waals surface area contributed by atoms with Crippen LogP contribution in [0.2, 0.25) is 0 Å². The number of rotatable bonds is 6. The second-order valence-corrected chi connectivity index (χ2v) is 6.88. The first kappa shape index (κ1) is 17.7. The van der Waals surface area contributed by atoms with Crippen LogP contribution in [-0.2, 0) is 9.53 Å². The van der Waals surface area contributed by atoms with Gasteiger partial charge in [0, 0.05) is 11.0 Å². The van der Waals surface area contributed by atoms with Crippen molar-refractivity contribution in [3.05, 3.63) is 62.3 Å². The van der Waals surface area contributed by atoms with Crippen molar-refractivity contribution in [2.45, 2.75) is 20.8 Å². The van der Waals surface area contributed by atoms with Gasteiger partial charge in [0.1, 0.15) is 0 Å². The van der Waals surface area contributed by atoms with Crippen LogP contribution in [0.3, 0.4) is 0 Å². The fourth-order valence-corrected chi connectivity index (χ4v) is 2.78. The van der Waals surface area contributed by atoms with Crippen LogP contribution in [0.5, 0.6) is 0 Å². The number of carbonyl (C=O) groups excluding carboxylic acids is 1. The molecule has 0 radical (unpaired) electrons. The summed E-state index contributed by atoms with van der Waals surface area (Å²) in [5.41, 5.74) is 2.00. The van der Waals surface area contributed by atoms with Crippen LogP contribution >= 0.6 is 27.3 Å². The van der Waals surface area contributed by atoms with Gasteiger partial charge in [-0.25, -0.2) is 4.79 Å². The second-order valence-electron chi connectivity index (χ2n) is 4.39. The fourth-order valence-electron chi connectivity index (χ4n) is 1.46. The SMILES string of the molecule is CCOC(=O)/C=C(\C)C=CC=C(C)C=Cc1ccc(Br)s1. The van der Waals surface area contributed by atoms with Crippen LogP contribution in [0.15, 0.2) is 57.4 Å². The third-order valence-corrected chi connectivity index (χ3v) is 4.04. The molecular formula is C17H19BrO2S. The maximum Gasteiger partial charge on any atom is 0.330 e. The highest BCUT2D eigenvalue weighted by Gasteiger charge is 1.94. The van der Waals surface area contributed by atoms with E-state index in [1.807, 2.05) is 38.1 Å². The van der Waals surface area contributed by atoms with E-state index < -0.39 is 0 Å². The lowest BCUT2D eigenvalue weighted by molar-refractivity contribution is -0.137. The highest BCUT2D eigenvalue weighted by Crippen LogP contribution is 2.23. The van der Waals surface area contributed by atoms with E-state index in [0.29, 0.717) is 6.61 Å². The molecule has 0 N–H and O–H groups in total. The molecule has 0 atom stereocenters. The van der Waals surface area contributed by atoms with Gasteiger partial charge in [-0.3, -0.25) is 0 Å². The fraction of sp³-hybridized carbons (Fsp3) is 0.235. The molecule has 0 aliphatic rings. The van der Waals surface area contributed by atoms with Gasteiger partial charge in [0.2, 0.25) is 0 Å². The first-order valence-corrected chi connectivity index (χ1v) is 8.25. The number of esters is 1. The molecule has 0 aromatic carbocycles. The Morgan fingerprint density at radius 2 is 2.05 bits per heavy atom.